The van der Waals surface area contributed by atoms with Crippen LogP contribution in [0.4, 0.5) is 0 Å². The van der Waals surface area contributed by atoms with Gasteiger partial charge in [-0.15, -0.1) is 0 Å². The van der Waals surface area contributed by atoms with Crippen LogP contribution in [0.3, 0.4) is 0 Å². The average Bonchev–Trinajstić information content (AvgIpc) is 3.06. The van der Waals surface area contributed by atoms with Crippen molar-refractivity contribution in [3.8, 4) is 0 Å². The Bertz CT molecular complexity index is 414. The van der Waals surface area contributed by atoms with Crippen LogP contribution in [0.15, 0.2) is 0 Å². The lowest BCUT2D eigenvalue weighted by Crippen LogP contribution is -2.34. The molecule has 1 aliphatic rings. The second kappa shape index (κ2) is 5.04. The molecule has 0 amide bonds. The molecule has 0 aromatic carbocycles. The fraction of sp³-hybridized carbons (Fsp3) is 0.800. The van der Waals surface area contributed by atoms with Gasteiger partial charge in [-0.25, -0.2) is 0 Å². The number of nitrogens with one attached hydrogen (secondary N) is 1. The largest absolute Gasteiger partial charge is 0.313 e. The van der Waals surface area contributed by atoms with Crippen molar-refractivity contribution in [1.82, 2.24) is 15.1 Å². The molecule has 1 aromatic rings. The SMILES string of the molecule is CCc1c(C)nn(CC(C)(C)CNC2CC2)c1C. The highest BCUT2D eigenvalue weighted by atomic mass is 15.3. The zero-order chi connectivity index (χ0) is 13.3. The number of hydrogen-bond acceptors (Lipinski definition) is 2. The maximum atomic E-state index is 4.70. The summed E-state index contributed by atoms with van der Waals surface area (Å²) in [5, 5.41) is 8.33. The van der Waals surface area contributed by atoms with E-state index in [0.29, 0.717) is 0 Å². The molecule has 0 bridgehead atoms. The highest BCUT2D eigenvalue weighted by Crippen LogP contribution is 2.24. The molecule has 1 saturated carbocycles. The van der Waals surface area contributed by atoms with Gasteiger partial charge in [-0.1, -0.05) is 20.8 Å². The topological polar surface area (TPSA) is 29.9 Å². The molecule has 0 radical (unpaired) electrons. The predicted octanol–water partition coefficient (Wildman–Crippen LogP) is 2.84. The molecule has 18 heavy (non-hydrogen) atoms. The Morgan fingerprint density at radius 2 is 2.00 bits per heavy atom. The van der Waals surface area contributed by atoms with Gasteiger partial charge < -0.3 is 5.32 Å². The van der Waals surface area contributed by atoms with Gasteiger partial charge in [0.1, 0.15) is 0 Å². The van der Waals surface area contributed by atoms with E-state index in [4.69, 9.17) is 5.10 Å². The molecule has 0 unspecified atom stereocenters. The van der Waals surface area contributed by atoms with E-state index in [1.165, 1.54) is 29.8 Å². The molecule has 3 nitrogen and oxygen atoms in total. The molecule has 3 heteroatoms. The van der Waals surface area contributed by atoms with Crippen LogP contribution in [-0.2, 0) is 13.0 Å². The van der Waals surface area contributed by atoms with E-state index < -0.39 is 0 Å². The third-order valence-electron chi connectivity index (χ3n) is 3.91. The molecular weight excluding hydrogens is 222 g/mol. The van der Waals surface area contributed by atoms with Crippen molar-refractivity contribution in [2.45, 2.75) is 66.5 Å². The van der Waals surface area contributed by atoms with Gasteiger partial charge in [0.2, 0.25) is 0 Å². The minimum atomic E-state index is 0.261. The molecule has 1 N–H and O–H groups in total. The molecule has 0 atom stereocenters. The lowest BCUT2D eigenvalue weighted by molar-refractivity contribution is 0.272. The Balaban J connectivity index is 2.02. The number of aryl methyl sites for hydroxylation is 1. The number of rotatable bonds is 6. The third kappa shape index (κ3) is 3.14. The van der Waals surface area contributed by atoms with Crippen LogP contribution in [0.25, 0.3) is 0 Å². The van der Waals surface area contributed by atoms with Crippen LogP contribution in [0.2, 0.25) is 0 Å². The fourth-order valence-electron chi connectivity index (χ4n) is 2.57. The number of nitrogens with zero attached hydrogens (tertiary/aromatic N) is 2. The van der Waals surface area contributed by atoms with E-state index in [0.717, 1.165) is 25.6 Å². The Kier molecular flexibility index (Phi) is 3.81. The maximum absolute atomic E-state index is 4.70. The first-order chi connectivity index (χ1) is 8.43. The first kappa shape index (κ1) is 13.6. The van der Waals surface area contributed by atoms with Crippen molar-refractivity contribution in [2.24, 2.45) is 5.41 Å². The summed E-state index contributed by atoms with van der Waals surface area (Å²) in [6.07, 6.45) is 3.80. The summed E-state index contributed by atoms with van der Waals surface area (Å²) in [5.41, 5.74) is 4.22. The summed E-state index contributed by atoms with van der Waals surface area (Å²) in [4.78, 5) is 0. The van der Waals surface area contributed by atoms with Crippen molar-refractivity contribution in [3.63, 3.8) is 0 Å². The van der Waals surface area contributed by atoms with Gasteiger partial charge in [0.25, 0.3) is 0 Å². The first-order valence-corrected chi connectivity index (χ1v) is 7.19. The van der Waals surface area contributed by atoms with E-state index in [9.17, 15) is 0 Å². The van der Waals surface area contributed by atoms with E-state index in [1.54, 1.807) is 0 Å². The lowest BCUT2D eigenvalue weighted by Gasteiger charge is -2.25. The number of aromatic nitrogens is 2. The quantitative estimate of drug-likeness (QED) is 0.840. The van der Waals surface area contributed by atoms with Crippen molar-refractivity contribution in [3.05, 3.63) is 17.0 Å². The normalized spacial score (nSPS) is 16.3. The van der Waals surface area contributed by atoms with Crippen molar-refractivity contribution < 1.29 is 0 Å². The molecule has 1 fully saturated rings. The van der Waals surface area contributed by atoms with Crippen molar-refractivity contribution >= 4 is 0 Å². The molecule has 0 aliphatic heterocycles. The molecule has 1 heterocycles. The Morgan fingerprint density at radius 3 is 2.50 bits per heavy atom. The van der Waals surface area contributed by atoms with Gasteiger partial charge in [0.05, 0.1) is 5.69 Å². The van der Waals surface area contributed by atoms with Gasteiger partial charge in [-0.05, 0) is 44.1 Å². The summed E-state index contributed by atoms with van der Waals surface area (Å²) in [6.45, 7) is 13.3. The van der Waals surface area contributed by atoms with E-state index >= 15 is 0 Å². The number of hydrogen-bond donors (Lipinski definition) is 1. The molecule has 2 rings (SSSR count). The van der Waals surface area contributed by atoms with Crippen LogP contribution in [0.1, 0.15) is 50.6 Å². The molecule has 1 aliphatic carbocycles. The summed E-state index contributed by atoms with van der Waals surface area (Å²) in [6, 6.07) is 0.788. The van der Waals surface area contributed by atoms with Crippen molar-refractivity contribution in [1.29, 1.82) is 0 Å². The third-order valence-corrected chi connectivity index (χ3v) is 3.91. The zero-order valence-electron chi connectivity index (χ0n) is 12.5. The van der Waals surface area contributed by atoms with Crippen molar-refractivity contribution in [2.75, 3.05) is 6.54 Å². The standard InChI is InChI=1S/C15H27N3/c1-6-14-11(2)17-18(12(14)3)10-15(4,5)9-16-13-7-8-13/h13,16H,6-10H2,1-5H3. The monoisotopic (exact) mass is 249 g/mol. The van der Waals surface area contributed by atoms with Gasteiger partial charge >= 0.3 is 0 Å². The highest BCUT2D eigenvalue weighted by Gasteiger charge is 2.26. The smallest absolute Gasteiger partial charge is 0.0628 e. The molecule has 102 valence electrons. The van der Waals surface area contributed by atoms with E-state index in [-0.39, 0.29) is 5.41 Å². The second-order valence-corrected chi connectivity index (χ2v) is 6.48. The van der Waals surface area contributed by atoms with Crippen LogP contribution < -0.4 is 5.32 Å². The first-order valence-electron chi connectivity index (χ1n) is 7.19. The minimum Gasteiger partial charge on any atom is -0.313 e. The van der Waals surface area contributed by atoms with Gasteiger partial charge in [-0.3, -0.25) is 4.68 Å². The van der Waals surface area contributed by atoms with Crippen LogP contribution in [0, 0.1) is 19.3 Å². The second-order valence-electron chi connectivity index (χ2n) is 6.48. The van der Waals surface area contributed by atoms with Gasteiger partial charge in [0, 0.05) is 24.8 Å². The minimum absolute atomic E-state index is 0.261. The molecule has 0 saturated heterocycles. The summed E-state index contributed by atoms with van der Waals surface area (Å²) in [7, 11) is 0. The predicted molar refractivity (Wildman–Crippen MR) is 75.9 cm³/mol. The van der Waals surface area contributed by atoms with E-state index in [2.05, 4.69) is 44.6 Å². The lowest BCUT2D eigenvalue weighted by atomic mass is 9.93. The van der Waals surface area contributed by atoms with E-state index in [1.807, 2.05) is 0 Å². The zero-order valence-corrected chi connectivity index (χ0v) is 12.5. The van der Waals surface area contributed by atoms with Crippen LogP contribution in [-0.4, -0.2) is 22.4 Å². The molecule has 0 spiro atoms. The Morgan fingerprint density at radius 1 is 1.33 bits per heavy atom. The molecular formula is C15H27N3. The fourth-order valence-corrected chi connectivity index (χ4v) is 2.57. The highest BCUT2D eigenvalue weighted by molar-refractivity contribution is 5.24. The summed E-state index contributed by atoms with van der Waals surface area (Å²) in [5.74, 6) is 0. The van der Waals surface area contributed by atoms with Gasteiger partial charge in [-0.2, -0.15) is 5.10 Å². The average molecular weight is 249 g/mol. The van der Waals surface area contributed by atoms with Crippen LogP contribution >= 0.6 is 0 Å². The maximum Gasteiger partial charge on any atom is 0.0628 e. The Hall–Kier alpha value is -0.830. The summed E-state index contributed by atoms with van der Waals surface area (Å²) >= 11 is 0. The van der Waals surface area contributed by atoms with Crippen LogP contribution in [0.5, 0.6) is 0 Å². The van der Waals surface area contributed by atoms with Gasteiger partial charge in [0.15, 0.2) is 0 Å². The molecule has 1 aromatic heterocycles. The summed E-state index contributed by atoms with van der Waals surface area (Å²) < 4.78 is 2.20. The Labute approximate surface area is 111 Å².